The predicted molar refractivity (Wildman–Crippen MR) is 74.9 cm³/mol. The Bertz CT molecular complexity index is 569. The lowest BCUT2D eigenvalue weighted by atomic mass is 10.3. The van der Waals surface area contributed by atoms with E-state index in [0.717, 1.165) is 5.82 Å². The highest BCUT2D eigenvalue weighted by Crippen LogP contribution is 2.06. The van der Waals surface area contributed by atoms with Crippen molar-refractivity contribution in [1.82, 2.24) is 19.4 Å². The van der Waals surface area contributed by atoms with E-state index in [4.69, 9.17) is 5.73 Å². The first-order valence-corrected chi connectivity index (χ1v) is 5.52. The molecule has 0 saturated carbocycles. The van der Waals surface area contributed by atoms with Gasteiger partial charge in [-0.05, 0) is 12.1 Å². The Hall–Kier alpha value is -2.08. The zero-order chi connectivity index (χ0) is 13.1. The summed E-state index contributed by atoms with van der Waals surface area (Å²) < 4.78 is 1.87. The molecule has 6 nitrogen and oxygen atoms in total. The van der Waals surface area contributed by atoms with Crippen LogP contribution in [-0.4, -0.2) is 32.4 Å². The first-order chi connectivity index (χ1) is 8.58. The van der Waals surface area contributed by atoms with Crippen LogP contribution < -0.4 is 5.73 Å². The van der Waals surface area contributed by atoms with Crippen LogP contribution in [0.25, 0.3) is 0 Å². The first-order valence-electron chi connectivity index (χ1n) is 5.52. The number of carbonyl (C=O) groups excluding carboxylic acids is 1. The lowest BCUT2D eigenvalue weighted by molar-refractivity contribution is 0.0775. The SMILES string of the molecule is CN(Cc1nccn1C)C(=O)c1cccc(N)n1.Cl. The molecule has 19 heavy (non-hydrogen) atoms. The van der Waals surface area contributed by atoms with E-state index in [0.29, 0.717) is 18.1 Å². The Morgan fingerprint density at radius 1 is 1.47 bits per heavy atom. The molecule has 0 aromatic carbocycles. The number of nitrogens with two attached hydrogens (primary N) is 1. The number of nitrogen functional groups attached to an aromatic ring is 1. The molecule has 0 unspecified atom stereocenters. The highest BCUT2D eigenvalue weighted by Gasteiger charge is 2.15. The molecule has 0 saturated heterocycles. The second-order valence-electron chi connectivity index (χ2n) is 4.06. The standard InChI is InChI=1S/C12H15N5O.ClH/c1-16-7-6-14-11(16)8-17(2)12(18)9-4-3-5-10(13)15-9;/h3-7H,8H2,1-2H3,(H2,13,15);1H. The minimum Gasteiger partial charge on any atom is -0.384 e. The van der Waals surface area contributed by atoms with Crippen LogP contribution in [0.3, 0.4) is 0 Å². The molecule has 0 aliphatic carbocycles. The largest absolute Gasteiger partial charge is 0.384 e. The van der Waals surface area contributed by atoms with Gasteiger partial charge in [-0.25, -0.2) is 9.97 Å². The molecule has 7 heteroatoms. The van der Waals surface area contributed by atoms with E-state index in [2.05, 4.69) is 9.97 Å². The molecule has 0 radical (unpaired) electrons. The van der Waals surface area contributed by atoms with Gasteiger partial charge in [0.25, 0.3) is 5.91 Å². The Morgan fingerprint density at radius 3 is 2.79 bits per heavy atom. The molecular weight excluding hydrogens is 266 g/mol. The molecule has 2 heterocycles. The average molecular weight is 282 g/mol. The second kappa shape index (κ2) is 6.19. The van der Waals surface area contributed by atoms with E-state index in [1.165, 1.54) is 0 Å². The van der Waals surface area contributed by atoms with Crippen LogP contribution in [0.15, 0.2) is 30.6 Å². The zero-order valence-corrected chi connectivity index (χ0v) is 11.6. The van der Waals surface area contributed by atoms with Gasteiger partial charge >= 0.3 is 0 Å². The van der Waals surface area contributed by atoms with Crippen molar-refractivity contribution in [1.29, 1.82) is 0 Å². The molecule has 2 rings (SSSR count). The van der Waals surface area contributed by atoms with Gasteiger partial charge in [0, 0.05) is 26.5 Å². The maximum atomic E-state index is 12.1. The third-order valence-electron chi connectivity index (χ3n) is 2.64. The van der Waals surface area contributed by atoms with E-state index >= 15 is 0 Å². The fraction of sp³-hybridized carbons (Fsp3) is 0.250. The zero-order valence-electron chi connectivity index (χ0n) is 10.8. The number of hydrogen-bond donors (Lipinski definition) is 1. The molecule has 0 aliphatic heterocycles. The Balaban J connectivity index is 0.00000180. The molecule has 2 aromatic heterocycles. The van der Waals surface area contributed by atoms with Crippen molar-refractivity contribution in [2.24, 2.45) is 7.05 Å². The van der Waals surface area contributed by atoms with Crippen molar-refractivity contribution in [3.05, 3.63) is 42.1 Å². The summed E-state index contributed by atoms with van der Waals surface area (Å²) in [6, 6.07) is 5.01. The summed E-state index contributed by atoms with van der Waals surface area (Å²) in [5.41, 5.74) is 5.90. The van der Waals surface area contributed by atoms with Crippen LogP contribution in [-0.2, 0) is 13.6 Å². The predicted octanol–water partition coefficient (Wildman–Crippen LogP) is 1.09. The quantitative estimate of drug-likeness (QED) is 0.914. The number of rotatable bonds is 3. The number of halogens is 1. The van der Waals surface area contributed by atoms with Gasteiger partial charge in [-0.1, -0.05) is 6.07 Å². The normalized spacial score (nSPS) is 9.79. The van der Waals surface area contributed by atoms with Crippen molar-refractivity contribution in [2.75, 3.05) is 12.8 Å². The number of amides is 1. The fourth-order valence-electron chi connectivity index (χ4n) is 1.60. The number of anilines is 1. The highest BCUT2D eigenvalue weighted by molar-refractivity contribution is 5.92. The Morgan fingerprint density at radius 2 is 2.21 bits per heavy atom. The number of carbonyl (C=O) groups is 1. The lowest BCUT2D eigenvalue weighted by Gasteiger charge is -2.16. The molecule has 2 N–H and O–H groups in total. The summed E-state index contributed by atoms with van der Waals surface area (Å²) >= 11 is 0. The third-order valence-corrected chi connectivity index (χ3v) is 2.64. The highest BCUT2D eigenvalue weighted by atomic mass is 35.5. The van der Waals surface area contributed by atoms with Crippen LogP contribution in [0.2, 0.25) is 0 Å². The lowest BCUT2D eigenvalue weighted by Crippen LogP contribution is -2.28. The van der Waals surface area contributed by atoms with E-state index in [1.807, 2.05) is 17.8 Å². The number of hydrogen-bond acceptors (Lipinski definition) is 4. The molecule has 102 valence electrons. The van der Waals surface area contributed by atoms with Crippen molar-refractivity contribution in [3.8, 4) is 0 Å². The first kappa shape index (κ1) is 15.0. The molecule has 1 amide bonds. The van der Waals surface area contributed by atoms with Gasteiger partial charge in [-0.3, -0.25) is 4.79 Å². The van der Waals surface area contributed by atoms with Crippen molar-refractivity contribution in [3.63, 3.8) is 0 Å². The van der Waals surface area contributed by atoms with E-state index in [9.17, 15) is 4.79 Å². The van der Waals surface area contributed by atoms with Gasteiger partial charge in [0.15, 0.2) is 0 Å². The summed E-state index contributed by atoms with van der Waals surface area (Å²) in [6.07, 6.45) is 3.54. The number of aromatic nitrogens is 3. The van der Waals surface area contributed by atoms with Gasteiger partial charge in [-0.15, -0.1) is 12.4 Å². The smallest absolute Gasteiger partial charge is 0.272 e. The van der Waals surface area contributed by atoms with Crippen LogP contribution in [0, 0.1) is 0 Å². The fourth-order valence-corrected chi connectivity index (χ4v) is 1.60. The van der Waals surface area contributed by atoms with E-state index in [-0.39, 0.29) is 18.3 Å². The van der Waals surface area contributed by atoms with Crippen LogP contribution >= 0.6 is 12.4 Å². The number of aryl methyl sites for hydroxylation is 1. The maximum absolute atomic E-state index is 12.1. The molecule has 0 spiro atoms. The summed E-state index contributed by atoms with van der Waals surface area (Å²) in [5.74, 6) is 0.978. The molecule has 0 aliphatic rings. The van der Waals surface area contributed by atoms with Crippen molar-refractivity contribution in [2.45, 2.75) is 6.54 Å². The molecule has 0 atom stereocenters. The topological polar surface area (TPSA) is 77.0 Å². The van der Waals surface area contributed by atoms with Gasteiger partial charge < -0.3 is 15.2 Å². The van der Waals surface area contributed by atoms with E-state index in [1.54, 1.807) is 36.3 Å². The van der Waals surface area contributed by atoms with Crippen LogP contribution in [0.5, 0.6) is 0 Å². The monoisotopic (exact) mass is 281 g/mol. The summed E-state index contributed by atoms with van der Waals surface area (Å²) in [5, 5.41) is 0. The third kappa shape index (κ3) is 3.45. The Labute approximate surface area is 117 Å². The average Bonchev–Trinajstić information content (AvgIpc) is 2.74. The van der Waals surface area contributed by atoms with Crippen LogP contribution in [0.1, 0.15) is 16.3 Å². The van der Waals surface area contributed by atoms with Gasteiger partial charge in [-0.2, -0.15) is 0 Å². The van der Waals surface area contributed by atoms with Crippen molar-refractivity contribution < 1.29 is 4.79 Å². The molecule has 0 fully saturated rings. The maximum Gasteiger partial charge on any atom is 0.272 e. The molecule has 2 aromatic rings. The van der Waals surface area contributed by atoms with Gasteiger partial charge in [0.1, 0.15) is 17.3 Å². The molecular formula is C12H16ClN5O. The summed E-state index contributed by atoms with van der Waals surface area (Å²) in [7, 11) is 3.60. The van der Waals surface area contributed by atoms with E-state index < -0.39 is 0 Å². The van der Waals surface area contributed by atoms with Crippen LogP contribution in [0.4, 0.5) is 5.82 Å². The second-order valence-corrected chi connectivity index (χ2v) is 4.06. The number of pyridine rings is 1. The summed E-state index contributed by atoms with van der Waals surface area (Å²) in [4.78, 5) is 21.8. The minimum atomic E-state index is -0.176. The number of nitrogens with zero attached hydrogens (tertiary/aromatic N) is 4. The van der Waals surface area contributed by atoms with Gasteiger partial charge in [0.05, 0.1) is 6.54 Å². The number of imidazole rings is 1. The summed E-state index contributed by atoms with van der Waals surface area (Å²) in [6.45, 7) is 0.429. The van der Waals surface area contributed by atoms with Gasteiger partial charge in [0.2, 0.25) is 0 Å². The minimum absolute atomic E-state index is 0. The Kier molecular flexibility index (Phi) is 4.88. The molecule has 0 bridgehead atoms. The van der Waals surface area contributed by atoms with Crippen molar-refractivity contribution >= 4 is 24.1 Å².